The molecule has 1 aromatic carbocycles. The second-order valence-electron chi connectivity index (χ2n) is 7.76. The van der Waals surface area contributed by atoms with Crippen molar-refractivity contribution in [1.29, 1.82) is 0 Å². The first kappa shape index (κ1) is 20.1. The molecule has 3 aromatic rings. The van der Waals surface area contributed by atoms with Crippen LogP contribution in [0.3, 0.4) is 0 Å². The van der Waals surface area contributed by atoms with Crippen molar-refractivity contribution in [3.8, 4) is 0 Å². The van der Waals surface area contributed by atoms with Gasteiger partial charge >= 0.3 is 0 Å². The monoisotopic (exact) mass is 431 g/mol. The summed E-state index contributed by atoms with van der Waals surface area (Å²) in [6.07, 6.45) is 4.63. The van der Waals surface area contributed by atoms with E-state index in [1.807, 2.05) is 26.1 Å². The standard InChI is InChI=1S/C21H25N3O3S2/c1-14-18-12-19(28-21(18)24(2)23-14)20(25)22-16-8-6-7-15(11-16)13-29(26,27)17-9-4-3-5-10-17/h6-8,11-12,17H,3-5,9-10,13H2,1-2H3,(H,22,25). The average Bonchev–Trinajstić information content (AvgIpc) is 3.24. The molecule has 2 aromatic heterocycles. The molecule has 0 unspecified atom stereocenters. The number of aryl methyl sites for hydroxylation is 2. The van der Waals surface area contributed by atoms with Crippen LogP contribution in [0, 0.1) is 6.92 Å². The molecule has 1 amide bonds. The summed E-state index contributed by atoms with van der Waals surface area (Å²) >= 11 is 1.40. The summed E-state index contributed by atoms with van der Waals surface area (Å²) < 4.78 is 27.3. The molecule has 0 radical (unpaired) electrons. The van der Waals surface area contributed by atoms with Crippen LogP contribution in [0.15, 0.2) is 30.3 Å². The van der Waals surface area contributed by atoms with Crippen molar-refractivity contribution in [2.45, 2.75) is 50.0 Å². The van der Waals surface area contributed by atoms with Gasteiger partial charge in [-0.25, -0.2) is 8.42 Å². The number of anilines is 1. The Morgan fingerprint density at radius 1 is 1.24 bits per heavy atom. The fourth-order valence-corrected chi connectivity index (χ4v) is 6.97. The van der Waals surface area contributed by atoms with Gasteiger partial charge in [0, 0.05) is 18.1 Å². The van der Waals surface area contributed by atoms with Crippen LogP contribution in [0.25, 0.3) is 10.2 Å². The van der Waals surface area contributed by atoms with E-state index in [4.69, 9.17) is 0 Å². The minimum atomic E-state index is -3.17. The van der Waals surface area contributed by atoms with Crippen molar-refractivity contribution in [1.82, 2.24) is 9.78 Å². The Hall–Kier alpha value is -2.19. The van der Waals surface area contributed by atoms with E-state index in [2.05, 4.69) is 10.4 Å². The van der Waals surface area contributed by atoms with E-state index in [-0.39, 0.29) is 16.9 Å². The Kier molecular flexibility index (Phi) is 5.48. The molecule has 0 atom stereocenters. The topological polar surface area (TPSA) is 81.1 Å². The Labute approximate surface area is 174 Å². The van der Waals surface area contributed by atoms with Crippen LogP contribution in [0.2, 0.25) is 0 Å². The highest BCUT2D eigenvalue weighted by Crippen LogP contribution is 2.29. The van der Waals surface area contributed by atoms with Crippen LogP contribution in [0.5, 0.6) is 0 Å². The zero-order chi connectivity index (χ0) is 20.6. The molecule has 154 valence electrons. The molecule has 29 heavy (non-hydrogen) atoms. The van der Waals surface area contributed by atoms with Crippen LogP contribution in [-0.4, -0.2) is 29.4 Å². The van der Waals surface area contributed by atoms with Crippen LogP contribution in [-0.2, 0) is 22.6 Å². The van der Waals surface area contributed by atoms with Gasteiger partial charge in [0.15, 0.2) is 9.84 Å². The number of hydrogen-bond acceptors (Lipinski definition) is 5. The van der Waals surface area contributed by atoms with Gasteiger partial charge in [0.2, 0.25) is 0 Å². The molecule has 0 aliphatic heterocycles. The Morgan fingerprint density at radius 2 is 2.00 bits per heavy atom. The van der Waals surface area contributed by atoms with Gasteiger partial charge in [0.25, 0.3) is 5.91 Å². The number of nitrogens with zero attached hydrogens (tertiary/aromatic N) is 2. The van der Waals surface area contributed by atoms with E-state index in [0.717, 1.165) is 48.0 Å². The summed E-state index contributed by atoms with van der Waals surface area (Å²) in [5.41, 5.74) is 2.22. The highest BCUT2D eigenvalue weighted by molar-refractivity contribution is 7.91. The number of carbonyl (C=O) groups is 1. The number of thiophene rings is 1. The SMILES string of the molecule is Cc1nn(C)c2sc(C(=O)Nc3cccc(CS(=O)(=O)C4CCCCC4)c3)cc12. The molecule has 1 aliphatic carbocycles. The zero-order valence-corrected chi connectivity index (χ0v) is 18.3. The van der Waals surface area contributed by atoms with E-state index < -0.39 is 9.84 Å². The predicted molar refractivity (Wildman–Crippen MR) is 117 cm³/mol. The molecular formula is C21H25N3O3S2. The summed E-state index contributed by atoms with van der Waals surface area (Å²) in [5, 5.41) is 8.01. The van der Waals surface area contributed by atoms with Crippen LogP contribution >= 0.6 is 11.3 Å². The summed E-state index contributed by atoms with van der Waals surface area (Å²) in [6.45, 7) is 1.92. The van der Waals surface area contributed by atoms with Crippen molar-refractivity contribution in [3.05, 3.63) is 46.5 Å². The quantitative estimate of drug-likeness (QED) is 0.647. The summed E-state index contributed by atoms with van der Waals surface area (Å²) in [6, 6.07) is 9.01. The lowest BCUT2D eigenvalue weighted by molar-refractivity contribution is 0.103. The van der Waals surface area contributed by atoms with Crippen molar-refractivity contribution in [2.75, 3.05) is 5.32 Å². The first-order valence-electron chi connectivity index (χ1n) is 9.88. The van der Waals surface area contributed by atoms with Gasteiger partial charge in [-0.3, -0.25) is 9.48 Å². The van der Waals surface area contributed by atoms with Crippen LogP contribution in [0.4, 0.5) is 5.69 Å². The normalized spacial score (nSPS) is 15.7. The van der Waals surface area contributed by atoms with E-state index >= 15 is 0 Å². The minimum absolute atomic E-state index is 0.0229. The number of rotatable bonds is 5. The number of aromatic nitrogens is 2. The molecule has 1 aliphatic rings. The number of amides is 1. The maximum Gasteiger partial charge on any atom is 0.265 e. The van der Waals surface area contributed by atoms with Gasteiger partial charge in [-0.05, 0) is 43.5 Å². The molecule has 0 bridgehead atoms. The van der Waals surface area contributed by atoms with E-state index in [0.29, 0.717) is 16.1 Å². The molecule has 6 nitrogen and oxygen atoms in total. The lowest BCUT2D eigenvalue weighted by Gasteiger charge is -2.21. The number of sulfone groups is 1. The van der Waals surface area contributed by atoms with Gasteiger partial charge < -0.3 is 5.32 Å². The molecule has 1 N–H and O–H groups in total. The maximum absolute atomic E-state index is 12.7. The molecule has 1 fully saturated rings. The number of fused-ring (bicyclic) bond motifs is 1. The lowest BCUT2D eigenvalue weighted by Crippen LogP contribution is -2.25. The molecule has 8 heteroatoms. The smallest absolute Gasteiger partial charge is 0.265 e. The molecule has 0 spiro atoms. The number of nitrogens with one attached hydrogen (secondary N) is 1. The Bertz CT molecular complexity index is 1120. The van der Waals surface area contributed by atoms with E-state index in [1.54, 1.807) is 22.9 Å². The largest absolute Gasteiger partial charge is 0.321 e. The Balaban J connectivity index is 1.49. The van der Waals surface area contributed by atoms with Gasteiger partial charge in [-0.1, -0.05) is 31.4 Å². The maximum atomic E-state index is 12.7. The van der Waals surface area contributed by atoms with Crippen molar-refractivity contribution >= 4 is 43.0 Å². The number of benzene rings is 1. The third-order valence-corrected chi connectivity index (χ3v) is 8.96. The molecule has 0 saturated heterocycles. The zero-order valence-electron chi connectivity index (χ0n) is 16.6. The third kappa shape index (κ3) is 4.23. The second-order valence-corrected chi connectivity index (χ2v) is 11.1. The first-order valence-corrected chi connectivity index (χ1v) is 12.4. The summed E-state index contributed by atoms with van der Waals surface area (Å²) in [7, 11) is -1.31. The van der Waals surface area contributed by atoms with Crippen molar-refractivity contribution < 1.29 is 13.2 Å². The van der Waals surface area contributed by atoms with Gasteiger partial charge in [-0.15, -0.1) is 11.3 Å². The lowest BCUT2D eigenvalue weighted by atomic mass is 10.0. The van der Waals surface area contributed by atoms with E-state index in [9.17, 15) is 13.2 Å². The van der Waals surface area contributed by atoms with Crippen LogP contribution < -0.4 is 5.32 Å². The highest BCUT2D eigenvalue weighted by atomic mass is 32.2. The van der Waals surface area contributed by atoms with Gasteiger partial charge in [-0.2, -0.15) is 5.10 Å². The first-order chi connectivity index (χ1) is 13.8. The van der Waals surface area contributed by atoms with Crippen molar-refractivity contribution in [2.24, 2.45) is 7.05 Å². The highest BCUT2D eigenvalue weighted by Gasteiger charge is 2.27. The van der Waals surface area contributed by atoms with Crippen molar-refractivity contribution in [3.63, 3.8) is 0 Å². The molecule has 1 saturated carbocycles. The second kappa shape index (κ2) is 7.91. The molecular weight excluding hydrogens is 406 g/mol. The fraction of sp³-hybridized carbons (Fsp3) is 0.429. The number of hydrogen-bond donors (Lipinski definition) is 1. The Morgan fingerprint density at radius 3 is 2.72 bits per heavy atom. The van der Waals surface area contributed by atoms with Crippen LogP contribution in [0.1, 0.15) is 53.0 Å². The van der Waals surface area contributed by atoms with Gasteiger partial charge in [0.05, 0.1) is 21.6 Å². The third-order valence-electron chi connectivity index (χ3n) is 5.53. The summed E-state index contributed by atoms with van der Waals surface area (Å²) in [5.74, 6) is -0.173. The minimum Gasteiger partial charge on any atom is -0.321 e. The van der Waals surface area contributed by atoms with Gasteiger partial charge in [0.1, 0.15) is 4.83 Å². The fourth-order valence-electron chi connectivity index (χ4n) is 4.02. The average molecular weight is 432 g/mol. The predicted octanol–water partition coefficient (Wildman–Crippen LogP) is 4.44. The molecule has 4 rings (SSSR count). The summed E-state index contributed by atoms with van der Waals surface area (Å²) in [4.78, 5) is 14.3. The molecule has 2 heterocycles. The van der Waals surface area contributed by atoms with E-state index in [1.165, 1.54) is 11.3 Å². The number of carbonyl (C=O) groups excluding carboxylic acids is 1.